The third-order valence-corrected chi connectivity index (χ3v) is 3.65. The van der Waals surface area contributed by atoms with Gasteiger partial charge in [-0.1, -0.05) is 42.5 Å². The highest BCUT2D eigenvalue weighted by atomic mass is 127. The molecule has 3 N–H and O–H groups in total. The molecule has 0 aliphatic rings. The van der Waals surface area contributed by atoms with Crippen LogP contribution in [0.25, 0.3) is 0 Å². The molecule has 0 saturated carbocycles. The Bertz CT molecular complexity index is 689. The van der Waals surface area contributed by atoms with Gasteiger partial charge in [0.05, 0.1) is 0 Å². The summed E-state index contributed by atoms with van der Waals surface area (Å²) in [7, 11) is 3.39. The number of amides is 1. The van der Waals surface area contributed by atoms with E-state index in [1.165, 1.54) is 5.56 Å². The first-order valence-electron chi connectivity index (χ1n) is 8.02. The molecule has 0 fully saturated rings. The zero-order chi connectivity index (χ0) is 17.2. The monoisotopic (exact) mass is 452 g/mol. The summed E-state index contributed by atoms with van der Waals surface area (Å²) in [6.07, 6.45) is 0.816. The van der Waals surface area contributed by atoms with Crippen molar-refractivity contribution in [2.75, 3.05) is 20.6 Å². The van der Waals surface area contributed by atoms with Crippen LogP contribution in [-0.2, 0) is 13.0 Å². The summed E-state index contributed by atoms with van der Waals surface area (Å²) in [5.74, 6) is 0.700. The van der Waals surface area contributed by atoms with E-state index in [-0.39, 0.29) is 29.9 Å². The second-order valence-corrected chi connectivity index (χ2v) is 5.37. The molecule has 1 amide bonds. The second-order valence-electron chi connectivity index (χ2n) is 5.37. The van der Waals surface area contributed by atoms with Crippen molar-refractivity contribution >= 4 is 35.8 Å². The van der Waals surface area contributed by atoms with Gasteiger partial charge in [0.25, 0.3) is 5.91 Å². The lowest BCUT2D eigenvalue weighted by molar-refractivity contribution is 0.0963. The highest BCUT2D eigenvalue weighted by Gasteiger charge is 2.04. The van der Waals surface area contributed by atoms with Crippen LogP contribution in [0, 0.1) is 0 Å². The van der Waals surface area contributed by atoms with Crippen molar-refractivity contribution in [3.8, 4) is 0 Å². The van der Waals surface area contributed by atoms with Crippen LogP contribution in [-0.4, -0.2) is 32.5 Å². The Balaban J connectivity index is 0.00000312. The van der Waals surface area contributed by atoms with Gasteiger partial charge in [-0.15, -0.1) is 24.0 Å². The quantitative estimate of drug-likeness (QED) is 0.359. The van der Waals surface area contributed by atoms with Crippen LogP contribution in [0.5, 0.6) is 0 Å². The Labute approximate surface area is 166 Å². The maximum Gasteiger partial charge on any atom is 0.251 e. The summed E-state index contributed by atoms with van der Waals surface area (Å²) in [6, 6.07) is 17.9. The minimum atomic E-state index is -0.0647. The van der Waals surface area contributed by atoms with Gasteiger partial charge in [0.15, 0.2) is 5.96 Å². The van der Waals surface area contributed by atoms with Crippen molar-refractivity contribution < 1.29 is 4.79 Å². The van der Waals surface area contributed by atoms with E-state index in [0.717, 1.165) is 31.0 Å². The lowest BCUT2D eigenvalue weighted by atomic mass is 10.1. The molecule has 0 aliphatic heterocycles. The molecule has 25 heavy (non-hydrogen) atoms. The minimum absolute atomic E-state index is 0. The number of rotatable bonds is 6. The predicted molar refractivity (Wildman–Crippen MR) is 114 cm³/mol. The molecular formula is C19H25IN4O. The molecule has 2 rings (SSSR count). The van der Waals surface area contributed by atoms with Crippen LogP contribution in [0.15, 0.2) is 59.6 Å². The van der Waals surface area contributed by atoms with Crippen LogP contribution in [0.4, 0.5) is 0 Å². The molecular weight excluding hydrogens is 427 g/mol. The van der Waals surface area contributed by atoms with Gasteiger partial charge < -0.3 is 16.0 Å². The predicted octanol–water partition coefficient (Wildman–Crippen LogP) is 2.57. The topological polar surface area (TPSA) is 65.5 Å². The summed E-state index contributed by atoms with van der Waals surface area (Å²) in [5.41, 5.74) is 3.00. The van der Waals surface area contributed by atoms with Crippen LogP contribution in [0.1, 0.15) is 21.5 Å². The molecule has 2 aromatic rings. The lowest BCUT2D eigenvalue weighted by Crippen LogP contribution is -2.37. The largest absolute Gasteiger partial charge is 0.356 e. The lowest BCUT2D eigenvalue weighted by Gasteiger charge is -2.12. The molecule has 6 heteroatoms. The number of guanidine groups is 1. The van der Waals surface area contributed by atoms with Gasteiger partial charge in [0, 0.05) is 32.7 Å². The first kappa shape index (κ1) is 21.0. The zero-order valence-electron chi connectivity index (χ0n) is 14.6. The van der Waals surface area contributed by atoms with Crippen molar-refractivity contribution in [2.24, 2.45) is 4.99 Å². The molecule has 2 aromatic carbocycles. The normalized spacial score (nSPS) is 10.6. The van der Waals surface area contributed by atoms with E-state index in [2.05, 4.69) is 33.1 Å². The Kier molecular flexibility index (Phi) is 9.61. The fraction of sp³-hybridized carbons (Fsp3) is 0.263. The summed E-state index contributed by atoms with van der Waals surface area (Å²) in [4.78, 5) is 15.9. The number of nitrogens with one attached hydrogen (secondary N) is 3. The molecule has 0 heterocycles. The van der Waals surface area contributed by atoms with Crippen molar-refractivity contribution in [1.29, 1.82) is 0 Å². The Morgan fingerprint density at radius 1 is 1.00 bits per heavy atom. The molecule has 0 bridgehead atoms. The van der Waals surface area contributed by atoms with E-state index in [4.69, 9.17) is 0 Å². The van der Waals surface area contributed by atoms with Gasteiger partial charge >= 0.3 is 0 Å². The molecule has 0 saturated heterocycles. The second kappa shape index (κ2) is 11.5. The van der Waals surface area contributed by atoms with E-state index < -0.39 is 0 Å². The highest BCUT2D eigenvalue weighted by Crippen LogP contribution is 2.05. The van der Waals surface area contributed by atoms with Crippen LogP contribution >= 0.6 is 24.0 Å². The van der Waals surface area contributed by atoms with Crippen molar-refractivity contribution in [3.05, 3.63) is 71.3 Å². The maximum absolute atomic E-state index is 11.7. The smallest absolute Gasteiger partial charge is 0.251 e. The summed E-state index contributed by atoms with van der Waals surface area (Å²) >= 11 is 0. The number of nitrogens with zero attached hydrogens (tertiary/aromatic N) is 1. The average molecular weight is 452 g/mol. The van der Waals surface area contributed by atoms with Crippen LogP contribution in [0.3, 0.4) is 0 Å². The molecule has 0 radical (unpaired) electrons. The maximum atomic E-state index is 11.7. The first-order valence-corrected chi connectivity index (χ1v) is 8.02. The van der Waals surface area contributed by atoms with E-state index in [1.54, 1.807) is 14.1 Å². The number of carbonyl (C=O) groups excluding carboxylic acids is 1. The number of hydrogen-bond donors (Lipinski definition) is 3. The van der Waals surface area contributed by atoms with E-state index in [1.807, 2.05) is 42.5 Å². The van der Waals surface area contributed by atoms with E-state index in [0.29, 0.717) is 5.56 Å². The summed E-state index contributed by atoms with van der Waals surface area (Å²) < 4.78 is 0. The van der Waals surface area contributed by atoms with Gasteiger partial charge in [-0.2, -0.15) is 0 Å². The number of aliphatic imine (C=N–C) groups is 1. The molecule has 0 atom stereocenters. The van der Waals surface area contributed by atoms with Gasteiger partial charge in [0.1, 0.15) is 0 Å². The fourth-order valence-electron chi connectivity index (χ4n) is 2.34. The number of carbonyl (C=O) groups is 1. The fourth-order valence-corrected chi connectivity index (χ4v) is 2.34. The summed E-state index contributed by atoms with van der Waals surface area (Å²) in [6.45, 7) is 1.47. The Morgan fingerprint density at radius 3 is 2.40 bits per heavy atom. The molecule has 0 spiro atoms. The zero-order valence-corrected chi connectivity index (χ0v) is 16.9. The minimum Gasteiger partial charge on any atom is -0.356 e. The Hall–Kier alpha value is -2.09. The van der Waals surface area contributed by atoms with Gasteiger partial charge in [-0.3, -0.25) is 9.79 Å². The SMILES string of the molecule is CN=C(NCCc1cccc(C(=O)NC)c1)NCc1ccccc1.I. The third kappa shape index (κ3) is 7.13. The van der Waals surface area contributed by atoms with Gasteiger partial charge in [-0.05, 0) is 29.7 Å². The number of benzene rings is 2. The highest BCUT2D eigenvalue weighted by molar-refractivity contribution is 14.0. The molecule has 0 unspecified atom stereocenters. The van der Waals surface area contributed by atoms with Crippen LogP contribution in [0.2, 0.25) is 0 Å². The average Bonchev–Trinajstić information content (AvgIpc) is 2.65. The van der Waals surface area contributed by atoms with Gasteiger partial charge in [-0.25, -0.2) is 0 Å². The van der Waals surface area contributed by atoms with E-state index in [9.17, 15) is 4.79 Å². The van der Waals surface area contributed by atoms with Crippen molar-refractivity contribution in [2.45, 2.75) is 13.0 Å². The molecule has 134 valence electrons. The molecule has 5 nitrogen and oxygen atoms in total. The number of hydrogen-bond acceptors (Lipinski definition) is 2. The number of halogens is 1. The van der Waals surface area contributed by atoms with E-state index >= 15 is 0 Å². The molecule has 0 aromatic heterocycles. The van der Waals surface area contributed by atoms with Crippen molar-refractivity contribution in [3.63, 3.8) is 0 Å². The van der Waals surface area contributed by atoms with Crippen LogP contribution < -0.4 is 16.0 Å². The standard InChI is InChI=1S/C19H24N4O.HI/c1-20-18(24)17-10-6-9-15(13-17)11-12-22-19(21-2)23-14-16-7-4-3-5-8-16;/h3-10,13H,11-12,14H2,1-2H3,(H,20,24)(H2,21,22,23);1H. The Morgan fingerprint density at radius 2 is 1.72 bits per heavy atom. The van der Waals surface area contributed by atoms with Gasteiger partial charge in [0.2, 0.25) is 0 Å². The first-order chi connectivity index (χ1) is 11.7. The third-order valence-electron chi connectivity index (χ3n) is 3.65. The summed E-state index contributed by atoms with van der Waals surface area (Å²) in [5, 5.41) is 9.22. The molecule has 0 aliphatic carbocycles. The van der Waals surface area contributed by atoms with Crippen molar-refractivity contribution in [1.82, 2.24) is 16.0 Å².